The Bertz CT molecular complexity index is 827. The summed E-state index contributed by atoms with van der Waals surface area (Å²) in [6, 6.07) is 17.8. The zero-order chi connectivity index (χ0) is 21.3. The van der Waals surface area contributed by atoms with Gasteiger partial charge in [-0.3, -0.25) is 14.5 Å². The molecule has 1 aliphatic heterocycles. The van der Waals surface area contributed by atoms with Crippen LogP contribution in [0, 0.1) is 11.8 Å². The topological polar surface area (TPSA) is 61.4 Å². The third kappa shape index (κ3) is 6.99. The summed E-state index contributed by atoms with van der Waals surface area (Å²) >= 11 is 0. The van der Waals surface area contributed by atoms with Crippen LogP contribution in [-0.4, -0.2) is 36.3 Å². The normalized spacial score (nSPS) is 19.3. The van der Waals surface area contributed by atoms with Crippen molar-refractivity contribution in [3.63, 3.8) is 0 Å². The van der Waals surface area contributed by atoms with E-state index in [1.54, 1.807) is 0 Å². The Hall–Kier alpha value is -2.66. The molecule has 30 heavy (non-hydrogen) atoms. The van der Waals surface area contributed by atoms with Crippen LogP contribution in [-0.2, 0) is 29.1 Å². The maximum atomic E-state index is 12.2. The molecule has 2 atom stereocenters. The molecule has 1 fully saturated rings. The van der Waals surface area contributed by atoms with Crippen molar-refractivity contribution >= 4 is 11.8 Å². The van der Waals surface area contributed by atoms with Crippen molar-refractivity contribution in [3.05, 3.63) is 71.3 Å². The van der Waals surface area contributed by atoms with Gasteiger partial charge in [0.1, 0.15) is 0 Å². The van der Waals surface area contributed by atoms with Gasteiger partial charge in [0.15, 0.2) is 0 Å². The maximum Gasteiger partial charge on any atom is 0.239 e. The van der Waals surface area contributed by atoms with Crippen molar-refractivity contribution in [2.24, 2.45) is 11.8 Å². The van der Waals surface area contributed by atoms with Gasteiger partial charge in [0.05, 0.1) is 13.0 Å². The number of amides is 2. The van der Waals surface area contributed by atoms with Gasteiger partial charge in [-0.2, -0.15) is 0 Å². The fourth-order valence-corrected chi connectivity index (χ4v) is 4.33. The summed E-state index contributed by atoms with van der Waals surface area (Å²) in [7, 11) is 0. The predicted octanol–water partition coefficient (Wildman–Crippen LogP) is 3.14. The van der Waals surface area contributed by atoms with Gasteiger partial charge in [-0.25, -0.2) is 0 Å². The Morgan fingerprint density at radius 3 is 2.20 bits per heavy atom. The standard InChI is InChI=1S/C25H33N3O2/c1-19-12-20(2)17-28(16-19)18-23-11-7-6-10-22(23)14-26-25(30)15-27-24(29)13-21-8-4-3-5-9-21/h3-11,19-20H,12-18H2,1-2H3,(H,26,30)(H,27,29). The fraction of sp³-hybridized carbons (Fsp3) is 0.440. The smallest absolute Gasteiger partial charge is 0.239 e. The summed E-state index contributed by atoms with van der Waals surface area (Å²) in [4.78, 5) is 26.8. The minimum absolute atomic E-state index is 0.00497. The van der Waals surface area contributed by atoms with Gasteiger partial charge < -0.3 is 10.6 Å². The van der Waals surface area contributed by atoms with Gasteiger partial charge in [0.2, 0.25) is 11.8 Å². The van der Waals surface area contributed by atoms with Crippen LogP contribution >= 0.6 is 0 Å². The SMILES string of the molecule is CC1CC(C)CN(Cc2ccccc2CNC(=O)CNC(=O)Cc2ccccc2)C1. The summed E-state index contributed by atoms with van der Waals surface area (Å²) < 4.78 is 0. The molecule has 2 aromatic carbocycles. The van der Waals surface area contributed by atoms with E-state index in [1.807, 2.05) is 36.4 Å². The highest BCUT2D eigenvalue weighted by Gasteiger charge is 2.22. The molecular weight excluding hydrogens is 374 g/mol. The predicted molar refractivity (Wildman–Crippen MR) is 120 cm³/mol. The van der Waals surface area contributed by atoms with E-state index in [1.165, 1.54) is 12.0 Å². The highest BCUT2D eigenvalue weighted by Crippen LogP contribution is 2.23. The molecule has 0 saturated carbocycles. The van der Waals surface area contributed by atoms with Crippen LogP contribution in [0.15, 0.2) is 54.6 Å². The summed E-state index contributed by atoms with van der Waals surface area (Å²) in [6.07, 6.45) is 1.58. The lowest BCUT2D eigenvalue weighted by atomic mass is 9.91. The molecule has 2 N–H and O–H groups in total. The molecule has 160 valence electrons. The molecule has 0 aromatic heterocycles. The summed E-state index contributed by atoms with van der Waals surface area (Å²) in [5, 5.41) is 5.64. The van der Waals surface area contributed by atoms with Crippen molar-refractivity contribution in [1.29, 1.82) is 0 Å². The largest absolute Gasteiger partial charge is 0.350 e. The number of rotatable bonds is 8. The highest BCUT2D eigenvalue weighted by molar-refractivity contribution is 5.85. The third-order valence-corrected chi connectivity index (χ3v) is 5.59. The average molecular weight is 408 g/mol. The second-order valence-electron chi connectivity index (χ2n) is 8.62. The summed E-state index contributed by atoms with van der Waals surface area (Å²) in [5.74, 6) is 1.12. The maximum absolute atomic E-state index is 12.2. The van der Waals surface area contributed by atoms with Crippen molar-refractivity contribution in [3.8, 4) is 0 Å². The second-order valence-corrected chi connectivity index (χ2v) is 8.62. The van der Waals surface area contributed by atoms with Crippen molar-refractivity contribution < 1.29 is 9.59 Å². The molecule has 0 aliphatic carbocycles. The number of carbonyl (C=O) groups excluding carboxylic acids is 2. The monoisotopic (exact) mass is 407 g/mol. The second kappa shape index (κ2) is 10.9. The Kier molecular flexibility index (Phi) is 8.03. The van der Waals surface area contributed by atoms with Crippen molar-refractivity contribution in [2.75, 3.05) is 19.6 Å². The molecule has 0 radical (unpaired) electrons. The Labute approximate surface area is 179 Å². The van der Waals surface area contributed by atoms with Gasteiger partial charge in [-0.1, -0.05) is 68.4 Å². The van der Waals surface area contributed by atoms with Crippen LogP contribution in [0.1, 0.15) is 37.0 Å². The first-order valence-electron chi connectivity index (χ1n) is 10.9. The fourth-order valence-electron chi connectivity index (χ4n) is 4.33. The van der Waals surface area contributed by atoms with E-state index in [0.717, 1.165) is 42.6 Å². The van der Waals surface area contributed by atoms with E-state index in [9.17, 15) is 9.59 Å². The Morgan fingerprint density at radius 1 is 0.867 bits per heavy atom. The van der Waals surface area contributed by atoms with Crippen molar-refractivity contribution in [1.82, 2.24) is 15.5 Å². The molecule has 2 unspecified atom stereocenters. The number of hydrogen-bond donors (Lipinski definition) is 2. The molecule has 5 heteroatoms. The number of carbonyl (C=O) groups is 2. The van der Waals surface area contributed by atoms with Gasteiger partial charge in [0.25, 0.3) is 0 Å². The molecule has 1 heterocycles. The van der Waals surface area contributed by atoms with Crippen LogP contribution < -0.4 is 10.6 Å². The first kappa shape index (κ1) is 22.0. The average Bonchev–Trinajstić information content (AvgIpc) is 2.71. The van der Waals surface area contributed by atoms with Crippen LogP contribution in [0.4, 0.5) is 0 Å². The number of likely N-dealkylation sites (tertiary alicyclic amines) is 1. The molecule has 0 bridgehead atoms. The van der Waals surface area contributed by atoms with Crippen LogP contribution in [0.5, 0.6) is 0 Å². The number of benzene rings is 2. The van der Waals surface area contributed by atoms with Crippen LogP contribution in [0.2, 0.25) is 0 Å². The molecule has 1 saturated heterocycles. The minimum Gasteiger partial charge on any atom is -0.350 e. The highest BCUT2D eigenvalue weighted by atomic mass is 16.2. The zero-order valence-corrected chi connectivity index (χ0v) is 18.1. The molecule has 0 spiro atoms. The number of nitrogens with one attached hydrogen (secondary N) is 2. The van der Waals surface area contributed by atoms with Crippen LogP contribution in [0.3, 0.4) is 0 Å². The van der Waals surface area contributed by atoms with Gasteiger partial charge in [-0.15, -0.1) is 0 Å². The van der Waals surface area contributed by atoms with E-state index in [-0.39, 0.29) is 24.8 Å². The van der Waals surface area contributed by atoms with Gasteiger partial charge >= 0.3 is 0 Å². The lowest BCUT2D eigenvalue weighted by Gasteiger charge is -2.35. The number of piperidine rings is 1. The van der Waals surface area contributed by atoms with Gasteiger partial charge in [0, 0.05) is 26.2 Å². The minimum atomic E-state index is -0.175. The first-order chi connectivity index (χ1) is 14.5. The zero-order valence-electron chi connectivity index (χ0n) is 18.1. The molecule has 2 aromatic rings. The molecule has 2 amide bonds. The molecule has 3 rings (SSSR count). The number of hydrogen-bond acceptors (Lipinski definition) is 3. The Balaban J connectivity index is 1.46. The van der Waals surface area contributed by atoms with Gasteiger partial charge in [-0.05, 0) is 34.9 Å². The van der Waals surface area contributed by atoms with E-state index < -0.39 is 0 Å². The number of nitrogens with zero attached hydrogens (tertiary/aromatic N) is 1. The lowest BCUT2D eigenvalue weighted by molar-refractivity contribution is -0.125. The third-order valence-electron chi connectivity index (χ3n) is 5.59. The first-order valence-corrected chi connectivity index (χ1v) is 10.9. The van der Waals surface area contributed by atoms with E-state index in [4.69, 9.17) is 0 Å². The van der Waals surface area contributed by atoms with Crippen molar-refractivity contribution in [2.45, 2.75) is 39.8 Å². The van der Waals surface area contributed by atoms with E-state index in [0.29, 0.717) is 6.54 Å². The molecule has 1 aliphatic rings. The quantitative estimate of drug-likeness (QED) is 0.707. The molecular formula is C25H33N3O2. The lowest BCUT2D eigenvalue weighted by Crippen LogP contribution is -2.39. The summed E-state index contributed by atoms with van der Waals surface area (Å²) in [5.41, 5.74) is 3.32. The van der Waals surface area contributed by atoms with E-state index in [2.05, 4.69) is 47.6 Å². The van der Waals surface area contributed by atoms with E-state index >= 15 is 0 Å². The molecule has 5 nitrogen and oxygen atoms in total. The summed E-state index contributed by atoms with van der Waals surface area (Å²) in [6.45, 7) is 8.27. The Morgan fingerprint density at radius 2 is 1.50 bits per heavy atom. The van der Waals surface area contributed by atoms with Crippen LogP contribution in [0.25, 0.3) is 0 Å².